The zero-order chi connectivity index (χ0) is 50.0. The maximum Gasteiger partial charge on any atom is 0.409 e. The number of carbonyl (C=O) groups excluding carboxylic acids is 5. The van der Waals surface area contributed by atoms with Crippen molar-refractivity contribution in [1.29, 1.82) is 0 Å². The summed E-state index contributed by atoms with van der Waals surface area (Å²) >= 11 is 0. The Bertz CT molecular complexity index is 3170. The number of benzene rings is 3. The van der Waals surface area contributed by atoms with E-state index in [1.54, 1.807) is 60.6 Å². The van der Waals surface area contributed by atoms with E-state index in [9.17, 15) is 24.0 Å². The second-order valence-corrected chi connectivity index (χ2v) is 20.1. The van der Waals surface area contributed by atoms with E-state index < -0.39 is 52.9 Å². The molecule has 0 aliphatic carbocycles. The molecule has 72 heavy (non-hydrogen) atoms. The van der Waals surface area contributed by atoms with Crippen LogP contribution in [-0.4, -0.2) is 136 Å². The molecular weight excluding hydrogens is 925 g/mol. The first-order valence-electron chi connectivity index (χ1n) is 24.6. The van der Waals surface area contributed by atoms with Gasteiger partial charge in [-0.25, -0.2) is 13.6 Å². The number of ether oxygens (including phenoxy) is 2. The number of carbonyl (C=O) groups is 5. The maximum absolute atomic E-state index is 17.2. The molecule has 18 heteroatoms. The third-order valence-corrected chi connectivity index (χ3v) is 15.4. The first-order valence-corrected chi connectivity index (χ1v) is 24.6. The second kappa shape index (κ2) is 18.7. The lowest BCUT2D eigenvalue weighted by Crippen LogP contribution is -2.54. The van der Waals surface area contributed by atoms with Gasteiger partial charge in [0.1, 0.15) is 42.1 Å². The topological polar surface area (TPSA) is 180 Å². The number of piperidine rings is 1. The van der Waals surface area contributed by atoms with E-state index >= 15 is 8.78 Å². The van der Waals surface area contributed by atoms with Crippen LogP contribution in [0.25, 0.3) is 32.9 Å². The van der Waals surface area contributed by atoms with Gasteiger partial charge in [0.05, 0.1) is 27.6 Å². The van der Waals surface area contributed by atoms with E-state index in [-0.39, 0.29) is 78.1 Å². The fraction of sp³-hybridized carbons (Fsp3) is 0.407. The van der Waals surface area contributed by atoms with Gasteiger partial charge in [-0.3, -0.25) is 39.3 Å². The van der Waals surface area contributed by atoms with Crippen molar-refractivity contribution in [3.63, 3.8) is 0 Å². The summed E-state index contributed by atoms with van der Waals surface area (Å²) in [6, 6.07) is 12.6. The highest BCUT2D eigenvalue weighted by Gasteiger charge is 2.52. The lowest BCUT2D eigenvalue weighted by Gasteiger charge is -2.35. The summed E-state index contributed by atoms with van der Waals surface area (Å²) in [6.07, 6.45) is 13.2. The monoisotopic (exact) mass is 977 g/mol. The molecule has 5 aromatic rings. The molecule has 6 aliphatic heterocycles. The lowest BCUT2D eigenvalue weighted by atomic mass is 9.94. The Hall–Kier alpha value is -7.36. The highest BCUT2D eigenvalue weighted by atomic mass is 19.1. The molecule has 6 aliphatic rings. The van der Waals surface area contributed by atoms with Gasteiger partial charge < -0.3 is 24.6 Å². The van der Waals surface area contributed by atoms with Crippen LogP contribution in [0.4, 0.5) is 19.4 Å². The number of anilines is 1. The van der Waals surface area contributed by atoms with E-state index in [1.165, 1.54) is 6.07 Å². The van der Waals surface area contributed by atoms with Crippen molar-refractivity contribution in [1.82, 2.24) is 40.3 Å². The van der Waals surface area contributed by atoms with E-state index in [2.05, 4.69) is 37.9 Å². The van der Waals surface area contributed by atoms with Crippen molar-refractivity contribution in [2.24, 2.45) is 0 Å². The second-order valence-electron chi connectivity index (χ2n) is 20.1. The number of aryl methyl sites for hydroxylation is 1. The summed E-state index contributed by atoms with van der Waals surface area (Å²) in [5, 5.41) is 7.33. The van der Waals surface area contributed by atoms with Crippen LogP contribution in [0, 0.1) is 24.0 Å². The molecule has 3 unspecified atom stereocenters. The van der Waals surface area contributed by atoms with Gasteiger partial charge in [0.25, 0.3) is 11.8 Å². The summed E-state index contributed by atoms with van der Waals surface area (Å²) < 4.78 is 44.7. The number of rotatable bonds is 13. The van der Waals surface area contributed by atoms with Gasteiger partial charge >= 0.3 is 12.1 Å². The summed E-state index contributed by atoms with van der Waals surface area (Å²) in [4.78, 5) is 85.0. The molecule has 0 saturated carbocycles. The van der Waals surface area contributed by atoms with Crippen molar-refractivity contribution in [2.75, 3.05) is 51.3 Å². The smallest absolute Gasteiger partial charge is 0.409 e. The van der Waals surface area contributed by atoms with Crippen molar-refractivity contribution >= 4 is 57.2 Å². The van der Waals surface area contributed by atoms with Crippen molar-refractivity contribution in [3.8, 4) is 29.6 Å². The summed E-state index contributed by atoms with van der Waals surface area (Å²) in [5.74, 6) is -0.478. The lowest BCUT2D eigenvalue weighted by molar-refractivity contribution is -0.136. The number of unbranched alkanes of at least 4 members (excludes halogenated alkanes) is 1. The number of nitrogens with one attached hydrogen (secondary N) is 2. The van der Waals surface area contributed by atoms with Crippen LogP contribution in [0.3, 0.4) is 0 Å². The Kier molecular flexibility index (Phi) is 12.2. The number of nitrogens with zero attached hydrogens (tertiary/aromatic N) is 7. The molecule has 370 valence electrons. The number of imide groups is 2. The fourth-order valence-corrected chi connectivity index (χ4v) is 11.8. The minimum atomic E-state index is -1.03. The third kappa shape index (κ3) is 8.37. The summed E-state index contributed by atoms with van der Waals surface area (Å²) in [5.41, 5.74) is 2.25. The van der Waals surface area contributed by atoms with Crippen molar-refractivity contribution < 1.29 is 42.2 Å². The molecule has 8 heterocycles. The molecule has 5 fully saturated rings. The van der Waals surface area contributed by atoms with Crippen molar-refractivity contribution in [2.45, 2.75) is 93.9 Å². The number of piperazine rings is 1. The maximum atomic E-state index is 17.2. The number of halogens is 2. The average molecular weight is 978 g/mol. The number of hydrogen-bond acceptors (Lipinski definition) is 13. The normalized spacial score (nSPS) is 23.7. The zero-order valence-electron chi connectivity index (χ0n) is 39.8. The fourth-order valence-electron chi connectivity index (χ4n) is 11.8. The van der Waals surface area contributed by atoms with Gasteiger partial charge in [0.2, 0.25) is 11.8 Å². The molecule has 2 bridgehead atoms. The van der Waals surface area contributed by atoms with Gasteiger partial charge in [0.15, 0.2) is 5.82 Å². The van der Waals surface area contributed by atoms with Gasteiger partial charge in [-0.2, -0.15) is 9.97 Å². The molecule has 0 spiro atoms. The SMILES string of the molecule is C#Cc1c(F)ccc2cccc(-c3ncc4c(N5CC6CCC(C5)N6)nc(OC[C@@]56CC[C@@H](COC(=O)N(C)CCCCc7ccc8c(c7)C(=O)N(C7CCC(=O)NC7=O)C8=O)N5CC(=C)C6)nc4c3F)c12. The van der Waals surface area contributed by atoms with Crippen LogP contribution in [-0.2, 0) is 20.7 Å². The Balaban J connectivity index is 0.743. The zero-order valence-corrected chi connectivity index (χ0v) is 39.8. The van der Waals surface area contributed by atoms with Crippen LogP contribution in [0.15, 0.2) is 66.9 Å². The first-order chi connectivity index (χ1) is 34.8. The first kappa shape index (κ1) is 47.0. The molecular formula is C54H53F2N9O7. The number of fused-ring (bicyclic) bond motifs is 6. The van der Waals surface area contributed by atoms with Gasteiger partial charge in [0, 0.05) is 74.9 Å². The molecule has 5 atom stereocenters. The highest BCUT2D eigenvalue weighted by molar-refractivity contribution is 6.23. The number of aromatic nitrogens is 3. The molecule has 0 radical (unpaired) electrons. The number of hydrogen-bond donors (Lipinski definition) is 2. The van der Waals surface area contributed by atoms with E-state index in [0.29, 0.717) is 79.4 Å². The van der Waals surface area contributed by atoms with Gasteiger partial charge in [-0.05, 0) is 86.9 Å². The molecule has 5 saturated heterocycles. The highest BCUT2D eigenvalue weighted by Crippen LogP contribution is 2.45. The molecule has 5 amide bonds. The number of terminal acetylenes is 1. The Morgan fingerprint density at radius 1 is 0.986 bits per heavy atom. The number of amides is 5. The van der Waals surface area contributed by atoms with Gasteiger partial charge in [-0.15, -0.1) is 6.42 Å². The third-order valence-electron chi connectivity index (χ3n) is 15.4. The van der Waals surface area contributed by atoms with Gasteiger partial charge in [-0.1, -0.05) is 48.4 Å². The predicted octanol–water partition coefficient (Wildman–Crippen LogP) is 6.08. The molecule has 2 N–H and O–H groups in total. The van der Waals surface area contributed by atoms with Crippen LogP contribution >= 0.6 is 0 Å². The minimum Gasteiger partial charge on any atom is -0.461 e. The van der Waals surface area contributed by atoms with E-state index in [0.717, 1.165) is 41.7 Å². The molecule has 11 rings (SSSR count). The minimum absolute atomic E-state index is 0.0157. The van der Waals surface area contributed by atoms with E-state index in [4.69, 9.17) is 25.9 Å². The average Bonchev–Trinajstić information content (AvgIpc) is 4.07. The van der Waals surface area contributed by atoms with E-state index in [1.807, 2.05) is 0 Å². The summed E-state index contributed by atoms with van der Waals surface area (Å²) in [7, 11) is 1.69. The Morgan fingerprint density at radius 2 is 1.79 bits per heavy atom. The van der Waals surface area contributed by atoms with Crippen LogP contribution in [0.1, 0.15) is 89.6 Å². The Morgan fingerprint density at radius 3 is 2.58 bits per heavy atom. The van der Waals surface area contributed by atoms with Crippen LogP contribution < -0.4 is 20.3 Å². The molecule has 2 aromatic heterocycles. The standard InChI is InChI=1S/C54H53F2N9O7/c1-4-36-41(55)16-12-32-9-7-10-38(44(32)36)46-45(56)47-40(24-57-46)48(63-26-33-13-14-34(27-63)58-33)61-52(60-47)72-29-54-20-19-35(64(54)25-30(2)23-54)28-71-53(70)62(3)21-6-5-8-31-11-15-37-39(22-31)51(69)65(50(37)68)42-17-18-43(66)59-49(42)67/h1,7,9-12,15-16,22,24,33-35,42,58H,2,5-6,8,13-14,17-21,23,25-29H2,3H3,(H,59,66,67)/t33?,34?,35-,42?,54-/m0/s1. The molecule has 16 nitrogen and oxygen atoms in total. The Labute approximate surface area is 414 Å². The quantitative estimate of drug-likeness (QED) is 0.0601. The number of pyridine rings is 1. The van der Waals surface area contributed by atoms with Crippen LogP contribution in [0.2, 0.25) is 0 Å². The van der Waals surface area contributed by atoms with Crippen molar-refractivity contribution in [3.05, 3.63) is 101 Å². The largest absolute Gasteiger partial charge is 0.461 e. The van der Waals surface area contributed by atoms with Crippen LogP contribution in [0.5, 0.6) is 6.01 Å². The summed E-state index contributed by atoms with van der Waals surface area (Å²) in [6.45, 7) is 7.06. The molecule has 3 aromatic carbocycles. The predicted molar refractivity (Wildman–Crippen MR) is 262 cm³/mol.